The molecule has 0 heterocycles. The number of thiol groups is 1. The summed E-state index contributed by atoms with van der Waals surface area (Å²) in [6.45, 7) is 2.10. The van der Waals surface area contributed by atoms with Crippen molar-refractivity contribution in [3.05, 3.63) is 0 Å². The van der Waals surface area contributed by atoms with Crippen LogP contribution in [0.2, 0.25) is 0 Å². The second-order valence-corrected chi connectivity index (χ2v) is 9.55. The average molecular weight is 507 g/mol. The lowest BCUT2D eigenvalue weighted by atomic mass is 10.1. The highest BCUT2D eigenvalue weighted by Crippen LogP contribution is 2.13. The Balaban J connectivity index is 3.84. The van der Waals surface area contributed by atoms with E-state index in [2.05, 4.69) is 19.6 Å². The first kappa shape index (κ1) is 32.4. The van der Waals surface area contributed by atoms with E-state index in [4.69, 9.17) is 14.0 Å². The minimum Gasteiger partial charge on any atom is -0.462 e. The standard InChI is InChI=1S/C25H47O6PS/c1-2-3-4-5-6-7-8-9-10-12-16-19-25(27)31-23(22-30-32-28)21-29-24(26)18-15-13-11-14-17-20-33/h23,33H,2-22H2,1H3/t23-/m1/s1. The normalized spacial score (nSPS) is 12.1. The van der Waals surface area contributed by atoms with Gasteiger partial charge in [0, 0.05) is 12.8 Å². The van der Waals surface area contributed by atoms with E-state index >= 15 is 0 Å². The van der Waals surface area contributed by atoms with E-state index in [1.54, 1.807) is 0 Å². The molecule has 6 nitrogen and oxygen atoms in total. The Labute approximate surface area is 209 Å². The van der Waals surface area contributed by atoms with Crippen LogP contribution >= 0.6 is 21.3 Å². The van der Waals surface area contributed by atoms with E-state index in [-0.39, 0.29) is 25.2 Å². The van der Waals surface area contributed by atoms with E-state index in [9.17, 15) is 14.2 Å². The predicted octanol–water partition coefficient (Wildman–Crippen LogP) is 7.64. The van der Waals surface area contributed by atoms with Crippen LogP contribution in [0.1, 0.15) is 122 Å². The van der Waals surface area contributed by atoms with Crippen LogP contribution in [0.5, 0.6) is 0 Å². The fourth-order valence-electron chi connectivity index (χ4n) is 3.58. The summed E-state index contributed by atoms with van der Waals surface area (Å²) < 4.78 is 26.0. The van der Waals surface area contributed by atoms with E-state index in [0.717, 1.165) is 57.1 Å². The van der Waals surface area contributed by atoms with Gasteiger partial charge in [-0.3, -0.25) is 14.1 Å². The average Bonchev–Trinajstić information content (AvgIpc) is 2.81. The van der Waals surface area contributed by atoms with Gasteiger partial charge in [-0.2, -0.15) is 12.6 Å². The fourth-order valence-corrected chi connectivity index (χ4v) is 4.03. The van der Waals surface area contributed by atoms with E-state index in [1.165, 1.54) is 51.4 Å². The van der Waals surface area contributed by atoms with Crippen molar-refractivity contribution in [2.75, 3.05) is 19.0 Å². The summed E-state index contributed by atoms with van der Waals surface area (Å²) in [5.74, 6) is 0.254. The summed E-state index contributed by atoms with van der Waals surface area (Å²) in [6.07, 6.45) is 18.4. The smallest absolute Gasteiger partial charge is 0.327 e. The molecule has 0 amide bonds. The number of hydrogen-bond donors (Lipinski definition) is 1. The van der Waals surface area contributed by atoms with Crippen LogP contribution in [0.3, 0.4) is 0 Å². The van der Waals surface area contributed by atoms with Crippen LogP contribution in [-0.4, -0.2) is 37.0 Å². The molecule has 0 aliphatic carbocycles. The minimum atomic E-state index is -0.731. The zero-order valence-electron chi connectivity index (χ0n) is 20.8. The number of unbranched alkanes of at least 4 members (excludes halogenated alkanes) is 14. The third kappa shape index (κ3) is 24.3. The van der Waals surface area contributed by atoms with E-state index < -0.39 is 14.8 Å². The molecule has 33 heavy (non-hydrogen) atoms. The SMILES string of the molecule is CCCCCCCCCCCCCC(=O)O[C@@H](COP=O)COC(=O)CCCCCCCS. The Morgan fingerprint density at radius 2 is 1.18 bits per heavy atom. The van der Waals surface area contributed by atoms with Crippen molar-refractivity contribution in [2.24, 2.45) is 0 Å². The van der Waals surface area contributed by atoms with Crippen LogP contribution in [-0.2, 0) is 28.2 Å². The van der Waals surface area contributed by atoms with Crippen molar-refractivity contribution in [1.29, 1.82) is 0 Å². The van der Waals surface area contributed by atoms with Gasteiger partial charge in [-0.1, -0.05) is 90.4 Å². The molecule has 0 aliphatic rings. The van der Waals surface area contributed by atoms with Crippen molar-refractivity contribution in [1.82, 2.24) is 0 Å². The second-order valence-electron chi connectivity index (χ2n) is 8.69. The first-order valence-corrected chi connectivity index (χ1v) is 14.4. The van der Waals surface area contributed by atoms with Crippen molar-refractivity contribution in [3.8, 4) is 0 Å². The molecular formula is C25H47O6PS. The Hall–Kier alpha value is -0.650. The number of carbonyl (C=O) groups is 2. The maximum atomic E-state index is 12.1. The summed E-state index contributed by atoms with van der Waals surface area (Å²) in [5.41, 5.74) is 0. The molecule has 0 saturated carbocycles. The van der Waals surface area contributed by atoms with Gasteiger partial charge in [-0.05, 0) is 25.0 Å². The molecule has 0 bridgehead atoms. The largest absolute Gasteiger partial charge is 0.462 e. The Bertz CT molecular complexity index is 478. The zero-order chi connectivity index (χ0) is 24.4. The topological polar surface area (TPSA) is 78.9 Å². The van der Waals surface area contributed by atoms with Crippen LogP contribution in [0.15, 0.2) is 0 Å². The summed E-state index contributed by atoms with van der Waals surface area (Å²) in [7, 11) is -0.489. The molecule has 0 aromatic heterocycles. The third-order valence-electron chi connectivity index (χ3n) is 5.56. The van der Waals surface area contributed by atoms with E-state index in [1.807, 2.05) is 0 Å². The van der Waals surface area contributed by atoms with Gasteiger partial charge in [0.15, 0.2) is 6.10 Å². The fraction of sp³-hybridized carbons (Fsp3) is 0.920. The van der Waals surface area contributed by atoms with Gasteiger partial charge in [-0.15, -0.1) is 0 Å². The third-order valence-corrected chi connectivity index (χ3v) is 6.14. The molecule has 0 N–H and O–H groups in total. The van der Waals surface area contributed by atoms with Gasteiger partial charge in [0.25, 0.3) is 0 Å². The van der Waals surface area contributed by atoms with Gasteiger partial charge < -0.3 is 9.47 Å². The molecule has 0 spiro atoms. The van der Waals surface area contributed by atoms with Crippen LogP contribution in [0.25, 0.3) is 0 Å². The number of hydrogen-bond acceptors (Lipinski definition) is 7. The Kier molecular flexibility index (Phi) is 25.5. The van der Waals surface area contributed by atoms with Gasteiger partial charge in [0.2, 0.25) is 0 Å². The van der Waals surface area contributed by atoms with Gasteiger partial charge >= 0.3 is 20.6 Å². The maximum Gasteiger partial charge on any atom is 0.327 e. The lowest BCUT2D eigenvalue weighted by Crippen LogP contribution is -2.28. The zero-order valence-corrected chi connectivity index (χ0v) is 22.6. The highest BCUT2D eigenvalue weighted by atomic mass is 32.1. The molecule has 0 unspecified atom stereocenters. The van der Waals surface area contributed by atoms with Crippen LogP contribution in [0.4, 0.5) is 0 Å². The van der Waals surface area contributed by atoms with Crippen LogP contribution < -0.4 is 0 Å². The van der Waals surface area contributed by atoms with Gasteiger partial charge in [-0.25, -0.2) is 4.57 Å². The highest BCUT2D eigenvalue weighted by Gasteiger charge is 2.17. The lowest BCUT2D eigenvalue weighted by molar-refractivity contribution is -0.160. The molecule has 0 rings (SSSR count). The van der Waals surface area contributed by atoms with Crippen molar-refractivity contribution < 1.29 is 28.2 Å². The van der Waals surface area contributed by atoms with Crippen molar-refractivity contribution in [3.63, 3.8) is 0 Å². The highest BCUT2D eigenvalue weighted by molar-refractivity contribution is 7.80. The molecule has 0 radical (unpaired) electrons. The molecule has 8 heteroatoms. The molecule has 0 aromatic rings. The molecular weight excluding hydrogens is 459 g/mol. The molecule has 0 saturated heterocycles. The number of ether oxygens (including phenoxy) is 2. The molecule has 194 valence electrons. The Morgan fingerprint density at radius 1 is 0.697 bits per heavy atom. The molecule has 0 aromatic carbocycles. The number of esters is 2. The number of carbonyl (C=O) groups excluding carboxylic acids is 2. The summed E-state index contributed by atoms with van der Waals surface area (Å²) in [6, 6.07) is 0. The Morgan fingerprint density at radius 3 is 1.70 bits per heavy atom. The molecule has 1 atom stereocenters. The minimum absolute atomic E-state index is 0.0634. The first-order valence-electron chi connectivity index (χ1n) is 13.0. The quantitative estimate of drug-likeness (QED) is 0.0593. The molecule has 0 aliphatic heterocycles. The summed E-state index contributed by atoms with van der Waals surface area (Å²) in [4.78, 5) is 24.0. The van der Waals surface area contributed by atoms with Crippen molar-refractivity contribution >= 4 is 33.3 Å². The number of rotatable bonds is 25. The van der Waals surface area contributed by atoms with Gasteiger partial charge in [0.1, 0.15) is 13.2 Å². The summed E-state index contributed by atoms with van der Waals surface area (Å²) >= 11 is 4.18. The first-order chi connectivity index (χ1) is 16.1. The van der Waals surface area contributed by atoms with E-state index in [0.29, 0.717) is 12.8 Å². The van der Waals surface area contributed by atoms with Crippen molar-refractivity contribution in [2.45, 2.75) is 129 Å². The maximum absolute atomic E-state index is 12.1. The van der Waals surface area contributed by atoms with Gasteiger partial charge in [0.05, 0.1) is 0 Å². The second kappa shape index (κ2) is 26.0. The lowest BCUT2D eigenvalue weighted by Gasteiger charge is -2.16. The van der Waals surface area contributed by atoms with Crippen LogP contribution in [0, 0.1) is 0 Å². The monoisotopic (exact) mass is 506 g/mol. The summed E-state index contributed by atoms with van der Waals surface area (Å²) in [5, 5.41) is 0. The predicted molar refractivity (Wildman–Crippen MR) is 137 cm³/mol. The molecule has 0 fully saturated rings.